The SMILES string of the molecule is COCCN1CCCCCC(O)c2cc(C(=O)N(C)CCCc3c(C)nn(C)c3C)ccc21. The van der Waals surface area contributed by atoms with Crippen molar-refractivity contribution >= 4 is 11.6 Å². The van der Waals surface area contributed by atoms with Crippen LogP contribution in [-0.4, -0.2) is 66.1 Å². The first-order valence-electron chi connectivity index (χ1n) is 12.1. The van der Waals surface area contributed by atoms with Gasteiger partial charge in [0.2, 0.25) is 0 Å². The molecule has 1 aromatic heterocycles. The summed E-state index contributed by atoms with van der Waals surface area (Å²) in [7, 11) is 5.53. The van der Waals surface area contributed by atoms with E-state index in [2.05, 4.69) is 16.9 Å². The standard InChI is InChI=1S/C26H40N4O3/c1-19-22(20(2)29(4)27-19)10-9-14-28(3)26(32)21-12-13-24-23(18-21)25(31)11-7-6-8-15-30(24)16-17-33-5/h12-13,18,25,31H,6-11,14-17H2,1-5H3. The monoisotopic (exact) mass is 456 g/mol. The van der Waals surface area contributed by atoms with E-state index in [-0.39, 0.29) is 5.91 Å². The molecule has 2 heterocycles. The number of methoxy groups -OCH3 is 1. The van der Waals surface area contributed by atoms with Crippen LogP contribution in [0, 0.1) is 13.8 Å². The van der Waals surface area contributed by atoms with Crippen LogP contribution in [0.15, 0.2) is 18.2 Å². The molecular formula is C26H40N4O3. The van der Waals surface area contributed by atoms with Crippen molar-refractivity contribution < 1.29 is 14.6 Å². The fraction of sp³-hybridized carbons (Fsp3) is 0.615. The molecule has 1 aliphatic heterocycles. The summed E-state index contributed by atoms with van der Waals surface area (Å²) >= 11 is 0. The quantitative estimate of drug-likeness (QED) is 0.654. The zero-order valence-corrected chi connectivity index (χ0v) is 20.9. The Balaban J connectivity index is 1.72. The van der Waals surface area contributed by atoms with Crippen molar-refractivity contribution in [1.82, 2.24) is 14.7 Å². The molecule has 1 aliphatic rings. The van der Waals surface area contributed by atoms with Crippen molar-refractivity contribution in [3.8, 4) is 0 Å². The lowest BCUT2D eigenvalue weighted by Crippen LogP contribution is -2.30. The summed E-state index contributed by atoms with van der Waals surface area (Å²) in [5, 5.41) is 15.4. The zero-order valence-electron chi connectivity index (χ0n) is 20.9. The normalized spacial score (nSPS) is 16.7. The number of hydrogen-bond donors (Lipinski definition) is 1. The predicted octanol–water partition coefficient (Wildman–Crippen LogP) is 3.80. The third-order valence-electron chi connectivity index (χ3n) is 6.87. The number of aromatic nitrogens is 2. The highest BCUT2D eigenvalue weighted by Gasteiger charge is 2.22. The maximum atomic E-state index is 13.2. The number of aryl methyl sites for hydroxylation is 2. The minimum absolute atomic E-state index is 0.00653. The number of nitrogens with zero attached hydrogens (tertiary/aromatic N) is 4. The molecule has 0 radical (unpaired) electrons. The lowest BCUT2D eigenvalue weighted by molar-refractivity contribution is 0.0793. The smallest absolute Gasteiger partial charge is 0.253 e. The number of rotatable bonds is 8. The first-order chi connectivity index (χ1) is 15.8. The molecule has 0 bridgehead atoms. The molecule has 1 amide bonds. The van der Waals surface area contributed by atoms with Gasteiger partial charge in [0.15, 0.2) is 0 Å². The van der Waals surface area contributed by atoms with Crippen molar-refractivity contribution in [3.63, 3.8) is 0 Å². The van der Waals surface area contributed by atoms with E-state index in [9.17, 15) is 9.90 Å². The van der Waals surface area contributed by atoms with Crippen molar-refractivity contribution in [2.45, 2.75) is 58.5 Å². The van der Waals surface area contributed by atoms with Gasteiger partial charge in [0.05, 0.1) is 18.4 Å². The summed E-state index contributed by atoms with van der Waals surface area (Å²) in [5.41, 5.74) is 6.03. The Morgan fingerprint density at radius 1 is 1.27 bits per heavy atom. The maximum Gasteiger partial charge on any atom is 0.253 e. The summed E-state index contributed by atoms with van der Waals surface area (Å²) in [5.74, 6) is -0.00653. The molecule has 7 nitrogen and oxygen atoms in total. The number of aliphatic hydroxyl groups is 1. The molecule has 182 valence electrons. The van der Waals surface area contributed by atoms with E-state index in [1.807, 2.05) is 43.9 Å². The molecule has 3 rings (SSSR count). The second-order valence-corrected chi connectivity index (χ2v) is 9.22. The number of carbonyl (C=O) groups excluding carboxylic acids is 1. The van der Waals surface area contributed by atoms with Crippen LogP contribution in [0.4, 0.5) is 5.69 Å². The average molecular weight is 457 g/mol. The highest BCUT2D eigenvalue weighted by molar-refractivity contribution is 5.94. The van der Waals surface area contributed by atoms with E-state index in [1.165, 1.54) is 11.3 Å². The minimum atomic E-state index is -0.558. The molecule has 1 unspecified atom stereocenters. The largest absolute Gasteiger partial charge is 0.388 e. The molecule has 0 saturated carbocycles. The molecule has 33 heavy (non-hydrogen) atoms. The van der Waals surface area contributed by atoms with Crippen LogP contribution in [-0.2, 0) is 18.2 Å². The predicted molar refractivity (Wildman–Crippen MR) is 132 cm³/mol. The molecule has 1 atom stereocenters. The zero-order chi connectivity index (χ0) is 24.0. The van der Waals surface area contributed by atoms with Gasteiger partial charge in [-0.25, -0.2) is 0 Å². The van der Waals surface area contributed by atoms with E-state index in [0.717, 1.165) is 68.6 Å². The fourth-order valence-corrected chi connectivity index (χ4v) is 4.76. The van der Waals surface area contributed by atoms with Gasteiger partial charge in [-0.2, -0.15) is 5.10 Å². The Morgan fingerprint density at radius 2 is 2.06 bits per heavy atom. The van der Waals surface area contributed by atoms with E-state index >= 15 is 0 Å². The number of carbonyl (C=O) groups is 1. The Labute approximate surface area is 198 Å². The highest BCUT2D eigenvalue weighted by Crippen LogP contribution is 2.33. The van der Waals surface area contributed by atoms with Crippen LogP contribution in [0.3, 0.4) is 0 Å². The number of aliphatic hydroxyl groups excluding tert-OH is 1. The van der Waals surface area contributed by atoms with Gasteiger partial charge in [0.1, 0.15) is 0 Å². The van der Waals surface area contributed by atoms with Crippen LogP contribution < -0.4 is 4.90 Å². The molecule has 0 aliphatic carbocycles. The molecule has 2 aromatic rings. The third-order valence-corrected chi connectivity index (χ3v) is 6.87. The second-order valence-electron chi connectivity index (χ2n) is 9.22. The van der Waals surface area contributed by atoms with Crippen LogP contribution >= 0.6 is 0 Å². The molecule has 0 spiro atoms. The fourth-order valence-electron chi connectivity index (χ4n) is 4.76. The summed E-state index contributed by atoms with van der Waals surface area (Å²) in [4.78, 5) is 17.3. The van der Waals surface area contributed by atoms with Crippen LogP contribution in [0.5, 0.6) is 0 Å². The van der Waals surface area contributed by atoms with Crippen molar-refractivity contribution in [3.05, 3.63) is 46.3 Å². The number of hydrogen-bond acceptors (Lipinski definition) is 5. The van der Waals surface area contributed by atoms with Crippen molar-refractivity contribution in [2.24, 2.45) is 7.05 Å². The highest BCUT2D eigenvalue weighted by atomic mass is 16.5. The molecular weight excluding hydrogens is 416 g/mol. The molecule has 0 fully saturated rings. The summed E-state index contributed by atoms with van der Waals surface area (Å²) in [6.45, 7) is 7.14. The van der Waals surface area contributed by atoms with Gasteiger partial charge in [-0.3, -0.25) is 9.48 Å². The maximum absolute atomic E-state index is 13.2. The Morgan fingerprint density at radius 3 is 2.76 bits per heavy atom. The Hall–Kier alpha value is -2.38. The van der Waals surface area contributed by atoms with Gasteiger partial charge < -0.3 is 19.6 Å². The summed E-state index contributed by atoms with van der Waals surface area (Å²) in [6.07, 6.45) is 5.13. The summed E-state index contributed by atoms with van der Waals surface area (Å²) < 4.78 is 7.22. The van der Waals surface area contributed by atoms with Gasteiger partial charge in [-0.1, -0.05) is 12.8 Å². The van der Waals surface area contributed by atoms with Gasteiger partial charge >= 0.3 is 0 Å². The number of anilines is 1. The average Bonchev–Trinajstić information content (AvgIpc) is 3.08. The minimum Gasteiger partial charge on any atom is -0.388 e. The van der Waals surface area contributed by atoms with E-state index in [1.54, 1.807) is 12.0 Å². The van der Waals surface area contributed by atoms with Gasteiger partial charge in [0.25, 0.3) is 5.91 Å². The molecule has 1 N–H and O–H groups in total. The van der Waals surface area contributed by atoms with Gasteiger partial charge in [-0.05, 0) is 63.3 Å². The number of fused-ring (bicyclic) bond motifs is 1. The van der Waals surface area contributed by atoms with E-state index in [4.69, 9.17) is 4.74 Å². The second kappa shape index (κ2) is 11.7. The number of benzene rings is 1. The third kappa shape index (κ3) is 6.15. The lowest BCUT2D eigenvalue weighted by Gasteiger charge is -2.28. The molecule has 0 saturated heterocycles. The Kier molecular flexibility index (Phi) is 8.92. The Bertz CT molecular complexity index is 940. The lowest BCUT2D eigenvalue weighted by atomic mass is 9.99. The first kappa shape index (κ1) is 25.2. The van der Waals surface area contributed by atoms with E-state index < -0.39 is 6.10 Å². The van der Waals surface area contributed by atoms with Gasteiger partial charge in [-0.15, -0.1) is 0 Å². The van der Waals surface area contributed by atoms with E-state index in [0.29, 0.717) is 18.7 Å². The van der Waals surface area contributed by atoms with Crippen LogP contribution in [0.25, 0.3) is 0 Å². The first-order valence-corrected chi connectivity index (χ1v) is 12.1. The molecule has 7 heteroatoms. The van der Waals surface area contributed by atoms with Crippen LogP contribution in [0.2, 0.25) is 0 Å². The number of amides is 1. The van der Waals surface area contributed by atoms with Crippen molar-refractivity contribution in [1.29, 1.82) is 0 Å². The van der Waals surface area contributed by atoms with Crippen LogP contribution in [0.1, 0.15) is 71.1 Å². The van der Waals surface area contributed by atoms with Crippen molar-refractivity contribution in [2.75, 3.05) is 45.3 Å². The van der Waals surface area contributed by atoms with Gasteiger partial charge in [0, 0.05) is 63.3 Å². The summed E-state index contributed by atoms with van der Waals surface area (Å²) in [6, 6.07) is 5.81. The number of ether oxygens (including phenoxy) is 1. The topological polar surface area (TPSA) is 70.8 Å². The molecule has 1 aromatic carbocycles.